The fraction of sp³-hybridized carbons (Fsp3) is 0.643. The van der Waals surface area contributed by atoms with Crippen LogP contribution in [0.3, 0.4) is 0 Å². The molecule has 0 saturated carbocycles. The quantitative estimate of drug-likeness (QED) is 0.376. The Morgan fingerprint density at radius 1 is 0.920 bits per heavy atom. The molecule has 0 N–H and O–H groups in total. The maximum absolute atomic E-state index is 6.28. The van der Waals surface area contributed by atoms with Gasteiger partial charge in [-0.3, -0.25) is 4.98 Å². The molecule has 1 heterocycles. The summed E-state index contributed by atoms with van der Waals surface area (Å²) in [6.07, 6.45) is 3.51. The predicted molar refractivity (Wildman–Crippen MR) is 110 cm³/mol. The minimum Gasteiger partial charge on any atom is -0.415 e. The number of pyridine rings is 1. The van der Waals surface area contributed by atoms with E-state index in [0.717, 1.165) is 5.56 Å². The molecule has 0 unspecified atom stereocenters. The molecule has 1 rings (SSSR count). The number of alkyl halides is 3. The first-order valence-electron chi connectivity index (χ1n) is 7.84. The van der Waals surface area contributed by atoms with Crippen molar-refractivity contribution in [2.45, 2.75) is 49.7 Å². The van der Waals surface area contributed by atoms with E-state index in [1.807, 2.05) is 51.4 Å². The van der Waals surface area contributed by atoms with E-state index >= 15 is 0 Å². The summed E-state index contributed by atoms with van der Waals surface area (Å²) >= 11 is 17.3. The van der Waals surface area contributed by atoms with Gasteiger partial charge in [-0.2, -0.15) is 0 Å². The van der Waals surface area contributed by atoms with Crippen molar-refractivity contribution in [2.75, 3.05) is 6.61 Å². The predicted octanol–water partition coefficient (Wildman–Crippen LogP) is 5.12. The number of nitrogens with zero attached hydrogens (tertiary/aromatic N) is 1. The van der Waals surface area contributed by atoms with Crippen LogP contribution in [-0.2, 0) is 23.7 Å². The molecule has 0 bridgehead atoms. The zero-order valence-corrected chi connectivity index (χ0v) is 20.7. The second-order valence-corrected chi connectivity index (χ2v) is 20.1. The fourth-order valence-corrected chi connectivity index (χ4v) is 14.3. The largest absolute Gasteiger partial charge is 0.415 e. The Balaban J connectivity index is 2.58. The Morgan fingerprint density at radius 3 is 1.96 bits per heavy atom. The number of hydrogen-bond acceptors (Lipinski definition) is 5. The van der Waals surface area contributed by atoms with Crippen LogP contribution in [0, 0.1) is 0 Å². The third kappa shape index (κ3) is 11.1. The number of hydrogen-bond donors (Lipinski definition) is 0. The lowest BCUT2D eigenvalue weighted by Crippen LogP contribution is -2.54. The molecule has 0 fully saturated rings. The van der Waals surface area contributed by atoms with Crippen LogP contribution in [0.1, 0.15) is 5.56 Å². The highest BCUT2D eigenvalue weighted by Gasteiger charge is 2.42. The van der Waals surface area contributed by atoms with Gasteiger partial charge in [0.05, 0.1) is 13.2 Å². The molecule has 144 valence electrons. The number of halogens is 3. The minimum absolute atomic E-state index is 0.0142. The van der Waals surface area contributed by atoms with E-state index in [9.17, 15) is 0 Å². The monoisotopic (exact) mass is 461 g/mol. The molecule has 0 spiro atoms. The third-order valence-electron chi connectivity index (χ3n) is 2.88. The Kier molecular flexibility index (Phi) is 8.61. The van der Waals surface area contributed by atoms with E-state index in [1.165, 1.54) is 0 Å². The molecule has 0 atom stereocenters. The van der Waals surface area contributed by atoms with Crippen molar-refractivity contribution in [2.24, 2.45) is 0 Å². The van der Waals surface area contributed by atoms with Gasteiger partial charge >= 0.3 is 25.7 Å². The van der Waals surface area contributed by atoms with E-state index < -0.39 is 29.5 Å². The van der Waals surface area contributed by atoms with Gasteiger partial charge in [0.1, 0.15) is 0 Å². The summed E-state index contributed by atoms with van der Waals surface area (Å²) in [5.74, 6) is 0. The number of rotatable bonds is 9. The summed E-state index contributed by atoms with van der Waals surface area (Å²) in [4.78, 5) is 4.08. The van der Waals surface area contributed by atoms with Gasteiger partial charge in [-0.15, -0.1) is 0 Å². The maximum atomic E-state index is 6.28. The van der Waals surface area contributed by atoms with Crippen LogP contribution in [0.25, 0.3) is 0 Å². The Bertz CT molecular complexity index is 542. The molecule has 0 radical (unpaired) electrons. The SMILES string of the molecule is C[Si](C)(OCc1cccnc1)O[Si](C)(C)O[Si](C)(C)OCC(Cl)(Cl)Cl. The number of aromatic nitrogens is 1. The van der Waals surface area contributed by atoms with E-state index in [1.54, 1.807) is 12.4 Å². The van der Waals surface area contributed by atoms with Crippen molar-refractivity contribution in [1.82, 2.24) is 4.98 Å². The maximum Gasteiger partial charge on any atom is 0.323 e. The van der Waals surface area contributed by atoms with Crippen LogP contribution in [0.5, 0.6) is 0 Å². The van der Waals surface area contributed by atoms with Gasteiger partial charge < -0.3 is 17.1 Å². The first-order valence-corrected chi connectivity index (χ1v) is 17.4. The molecule has 0 saturated heterocycles. The first-order chi connectivity index (χ1) is 11.2. The lowest BCUT2D eigenvalue weighted by atomic mass is 10.3. The molecule has 25 heavy (non-hydrogen) atoms. The van der Waals surface area contributed by atoms with Crippen molar-refractivity contribution < 1.29 is 17.1 Å². The van der Waals surface area contributed by atoms with Crippen LogP contribution >= 0.6 is 34.8 Å². The molecule has 5 nitrogen and oxygen atoms in total. The minimum atomic E-state index is -2.50. The van der Waals surface area contributed by atoms with Gasteiger partial charge in [0.2, 0.25) is 3.79 Å². The Hall–Kier alpha value is 0.511. The van der Waals surface area contributed by atoms with Crippen LogP contribution < -0.4 is 0 Å². The highest BCUT2D eigenvalue weighted by molar-refractivity contribution is 6.84. The first kappa shape index (κ1) is 23.5. The van der Waals surface area contributed by atoms with Gasteiger partial charge in [0, 0.05) is 12.4 Å². The van der Waals surface area contributed by atoms with Crippen LogP contribution in [-0.4, -0.2) is 41.1 Å². The van der Waals surface area contributed by atoms with Gasteiger partial charge in [-0.1, -0.05) is 40.9 Å². The van der Waals surface area contributed by atoms with Gasteiger partial charge in [0.15, 0.2) is 0 Å². The molecule has 1 aromatic heterocycles. The van der Waals surface area contributed by atoms with Crippen molar-refractivity contribution in [3.63, 3.8) is 0 Å². The highest BCUT2D eigenvalue weighted by atomic mass is 35.6. The molecule has 0 aliphatic heterocycles. The second-order valence-electron chi connectivity index (χ2n) is 6.96. The van der Waals surface area contributed by atoms with Crippen LogP contribution in [0.4, 0.5) is 0 Å². The van der Waals surface area contributed by atoms with E-state index in [2.05, 4.69) is 4.98 Å². The van der Waals surface area contributed by atoms with Crippen molar-refractivity contribution in [3.05, 3.63) is 30.1 Å². The average Bonchev–Trinajstić information content (AvgIpc) is 2.41. The lowest BCUT2D eigenvalue weighted by molar-refractivity contribution is 0.200. The van der Waals surface area contributed by atoms with Crippen LogP contribution in [0.15, 0.2) is 24.5 Å². The molecule has 0 amide bonds. The summed E-state index contributed by atoms with van der Waals surface area (Å²) < 4.78 is 22.8. The standard InChI is InChI=1S/C14H26Cl3NO4Si3/c1-23(2,19-11-13-8-7-9-18-10-13)21-25(5,6)22-24(3,4)20-12-14(15,16)17/h7-10H,11-12H2,1-6H3. The van der Waals surface area contributed by atoms with E-state index in [-0.39, 0.29) is 6.61 Å². The topological polar surface area (TPSA) is 49.8 Å². The molecule has 0 aliphatic rings. The van der Waals surface area contributed by atoms with E-state index in [0.29, 0.717) is 6.61 Å². The Labute approximate surface area is 168 Å². The normalized spacial score (nSPS) is 14.0. The zero-order chi connectivity index (χ0) is 19.4. The summed E-state index contributed by atoms with van der Waals surface area (Å²) in [6, 6.07) is 3.85. The molecule has 1 aromatic rings. The third-order valence-corrected chi connectivity index (χ3v) is 12.7. The Morgan fingerprint density at radius 2 is 1.48 bits per heavy atom. The summed E-state index contributed by atoms with van der Waals surface area (Å²) in [5.41, 5.74) is 1.01. The lowest BCUT2D eigenvalue weighted by Gasteiger charge is -2.37. The summed E-state index contributed by atoms with van der Waals surface area (Å²) in [6.45, 7) is 12.2. The van der Waals surface area contributed by atoms with Gasteiger partial charge in [-0.05, 0) is 50.9 Å². The smallest absolute Gasteiger partial charge is 0.323 e. The van der Waals surface area contributed by atoms with E-state index in [4.69, 9.17) is 51.9 Å². The highest BCUT2D eigenvalue weighted by Crippen LogP contribution is 2.29. The molecular weight excluding hydrogens is 437 g/mol. The van der Waals surface area contributed by atoms with Gasteiger partial charge in [0.25, 0.3) is 0 Å². The zero-order valence-electron chi connectivity index (χ0n) is 15.4. The van der Waals surface area contributed by atoms with Gasteiger partial charge in [-0.25, -0.2) is 0 Å². The van der Waals surface area contributed by atoms with Crippen molar-refractivity contribution in [3.8, 4) is 0 Å². The second kappa shape index (κ2) is 9.14. The fourth-order valence-electron chi connectivity index (χ4n) is 2.26. The average molecular weight is 463 g/mol. The molecule has 0 aliphatic carbocycles. The molecule has 11 heteroatoms. The summed E-state index contributed by atoms with van der Waals surface area (Å²) in [5, 5.41) is 0. The van der Waals surface area contributed by atoms with Crippen LogP contribution in [0.2, 0.25) is 39.3 Å². The molecular formula is C14H26Cl3NO4Si3. The summed E-state index contributed by atoms with van der Waals surface area (Å²) in [7, 11) is -7.36. The van der Waals surface area contributed by atoms with Crippen molar-refractivity contribution >= 4 is 60.5 Å². The molecule has 0 aromatic carbocycles. The van der Waals surface area contributed by atoms with Crippen molar-refractivity contribution in [1.29, 1.82) is 0 Å².